The Kier molecular flexibility index (Phi) is 9.03. The van der Waals surface area contributed by atoms with Crippen molar-refractivity contribution in [1.82, 2.24) is 9.99 Å². The highest BCUT2D eigenvalue weighted by atomic mass is 35.5. The lowest BCUT2D eigenvalue weighted by molar-refractivity contribution is -0.0565. The molecular weight excluding hydrogens is 493 g/mol. The summed E-state index contributed by atoms with van der Waals surface area (Å²) in [5, 5.41) is 6.19. The molecule has 1 atom stereocenters. The minimum absolute atomic E-state index is 0.0101. The quantitative estimate of drug-likeness (QED) is 0.274. The molecule has 3 rings (SSSR count). The average Bonchev–Trinajstić information content (AvgIpc) is 2.84. The molecule has 0 fully saturated rings. The molecule has 0 spiro atoms. The smallest absolute Gasteiger partial charge is 0.284 e. The Morgan fingerprint density at radius 2 is 2.08 bits per heavy atom. The number of aromatic nitrogens is 1. The minimum atomic E-state index is -3.22. The molecular formula is C26H28ClF3N4O2. The van der Waals surface area contributed by atoms with Crippen LogP contribution in [0.1, 0.15) is 32.3 Å². The van der Waals surface area contributed by atoms with E-state index in [-0.39, 0.29) is 23.1 Å². The van der Waals surface area contributed by atoms with Crippen molar-refractivity contribution in [2.24, 2.45) is 16.8 Å². The van der Waals surface area contributed by atoms with Crippen molar-refractivity contribution in [3.8, 4) is 11.6 Å². The van der Waals surface area contributed by atoms with E-state index >= 15 is 4.39 Å². The predicted octanol–water partition coefficient (Wildman–Crippen LogP) is 6.40. The summed E-state index contributed by atoms with van der Waals surface area (Å²) in [6.07, 6.45) is 6.48. The van der Waals surface area contributed by atoms with Gasteiger partial charge in [-0.3, -0.25) is 0 Å². The Balaban J connectivity index is 1.61. The van der Waals surface area contributed by atoms with E-state index in [0.29, 0.717) is 22.1 Å². The summed E-state index contributed by atoms with van der Waals surface area (Å²) in [6, 6.07) is 7.38. The summed E-state index contributed by atoms with van der Waals surface area (Å²) >= 11 is 5.79. The number of halogens is 4. The highest BCUT2D eigenvalue weighted by molar-refractivity contribution is 6.30. The average molecular weight is 521 g/mol. The van der Waals surface area contributed by atoms with Crippen LogP contribution in [0.4, 0.5) is 13.2 Å². The molecule has 0 amide bonds. The normalized spacial score (nSPS) is 15.1. The maximum Gasteiger partial charge on any atom is 0.284 e. The molecule has 1 aromatic heterocycles. The first-order chi connectivity index (χ1) is 17.1. The Labute approximate surface area is 213 Å². The highest BCUT2D eigenvalue weighted by Crippen LogP contribution is 2.31. The minimum Gasteiger partial charge on any atom is -0.490 e. The van der Waals surface area contributed by atoms with Crippen molar-refractivity contribution in [2.45, 2.75) is 32.6 Å². The van der Waals surface area contributed by atoms with Crippen LogP contribution in [-0.2, 0) is 0 Å². The van der Waals surface area contributed by atoms with Crippen LogP contribution in [0.5, 0.6) is 11.6 Å². The fourth-order valence-corrected chi connectivity index (χ4v) is 3.26. The van der Waals surface area contributed by atoms with Gasteiger partial charge in [-0.05, 0) is 36.3 Å². The third-order valence-electron chi connectivity index (χ3n) is 5.48. The standard InChI is InChI=1S/C26H28ClF3N4O2/c1-4-17(2)25(31)33-34-12-9-19(14-18(34)3)21-6-5-7-22(24(21)28)35-13-10-26(29,30)16-36-23-15-20(27)8-11-32-23/h5-9,11-12,14-15,17H,3-4,10,13,16H2,1-2H3,(H2,31,33). The first-order valence-corrected chi connectivity index (χ1v) is 11.7. The van der Waals surface area contributed by atoms with Gasteiger partial charge in [0.25, 0.3) is 5.92 Å². The number of ether oxygens (including phenoxy) is 2. The maximum absolute atomic E-state index is 15.1. The number of nitrogens with zero attached hydrogens (tertiary/aromatic N) is 3. The summed E-state index contributed by atoms with van der Waals surface area (Å²) in [7, 11) is 0. The molecule has 0 saturated carbocycles. The van der Waals surface area contributed by atoms with Gasteiger partial charge in [0.1, 0.15) is 5.84 Å². The van der Waals surface area contributed by atoms with Crippen LogP contribution in [0, 0.1) is 11.7 Å². The van der Waals surface area contributed by atoms with Crippen molar-refractivity contribution in [2.75, 3.05) is 13.2 Å². The van der Waals surface area contributed by atoms with E-state index in [0.717, 1.165) is 6.42 Å². The molecule has 1 aliphatic rings. The molecule has 2 heterocycles. The maximum atomic E-state index is 15.1. The largest absolute Gasteiger partial charge is 0.490 e. The first kappa shape index (κ1) is 27.1. The molecule has 0 radical (unpaired) electrons. The second kappa shape index (κ2) is 12.0. The van der Waals surface area contributed by atoms with Gasteiger partial charge in [0.2, 0.25) is 5.88 Å². The third-order valence-corrected chi connectivity index (χ3v) is 5.72. The zero-order valence-electron chi connectivity index (χ0n) is 20.1. The second-order valence-electron chi connectivity index (χ2n) is 8.26. The Morgan fingerprint density at radius 1 is 1.31 bits per heavy atom. The number of benzene rings is 1. The fourth-order valence-electron chi connectivity index (χ4n) is 3.11. The Morgan fingerprint density at radius 3 is 2.78 bits per heavy atom. The molecule has 6 nitrogen and oxygen atoms in total. The molecule has 36 heavy (non-hydrogen) atoms. The molecule has 2 aromatic rings. The molecule has 1 aliphatic heterocycles. The van der Waals surface area contributed by atoms with Gasteiger partial charge in [-0.25, -0.2) is 23.2 Å². The zero-order valence-corrected chi connectivity index (χ0v) is 20.8. The van der Waals surface area contributed by atoms with E-state index in [1.807, 2.05) is 13.8 Å². The van der Waals surface area contributed by atoms with Crippen LogP contribution in [-0.4, -0.2) is 35.0 Å². The monoisotopic (exact) mass is 520 g/mol. The van der Waals surface area contributed by atoms with Crippen molar-refractivity contribution in [1.29, 1.82) is 0 Å². The van der Waals surface area contributed by atoms with Gasteiger partial charge in [-0.1, -0.05) is 44.2 Å². The van der Waals surface area contributed by atoms with Crippen molar-refractivity contribution >= 4 is 23.0 Å². The number of allylic oxidation sites excluding steroid dienone is 3. The summed E-state index contributed by atoms with van der Waals surface area (Å²) in [6.45, 7) is 6.61. The van der Waals surface area contributed by atoms with Gasteiger partial charge in [-0.15, -0.1) is 0 Å². The van der Waals surface area contributed by atoms with E-state index in [1.165, 1.54) is 29.4 Å². The topological polar surface area (TPSA) is 73.0 Å². The van der Waals surface area contributed by atoms with Crippen molar-refractivity contribution < 1.29 is 22.6 Å². The molecule has 1 unspecified atom stereocenters. The summed E-state index contributed by atoms with van der Waals surface area (Å²) in [4.78, 5) is 3.82. The van der Waals surface area contributed by atoms with Gasteiger partial charge in [-0.2, -0.15) is 5.10 Å². The van der Waals surface area contributed by atoms with E-state index in [9.17, 15) is 8.78 Å². The van der Waals surface area contributed by atoms with Gasteiger partial charge in [0.15, 0.2) is 18.2 Å². The van der Waals surface area contributed by atoms with Crippen LogP contribution in [0.2, 0.25) is 5.02 Å². The third kappa shape index (κ3) is 7.27. The van der Waals surface area contributed by atoms with Crippen LogP contribution in [0.25, 0.3) is 5.57 Å². The molecule has 2 N–H and O–H groups in total. The number of hydrazone groups is 1. The predicted molar refractivity (Wildman–Crippen MR) is 135 cm³/mol. The summed E-state index contributed by atoms with van der Waals surface area (Å²) < 4.78 is 53.9. The highest BCUT2D eigenvalue weighted by Gasteiger charge is 2.30. The summed E-state index contributed by atoms with van der Waals surface area (Å²) in [5.41, 5.74) is 7.28. The van der Waals surface area contributed by atoms with E-state index in [2.05, 4.69) is 16.7 Å². The van der Waals surface area contributed by atoms with Gasteiger partial charge < -0.3 is 15.2 Å². The number of amidine groups is 1. The van der Waals surface area contributed by atoms with E-state index < -0.39 is 31.4 Å². The van der Waals surface area contributed by atoms with Crippen LogP contribution in [0.15, 0.2) is 72.3 Å². The number of rotatable bonds is 11. The Bertz CT molecular complexity index is 1180. The number of hydrogen-bond donors (Lipinski definition) is 1. The molecule has 0 aliphatic carbocycles. The molecule has 0 saturated heterocycles. The number of pyridine rings is 1. The zero-order chi connectivity index (χ0) is 26.3. The van der Waals surface area contributed by atoms with E-state index in [1.54, 1.807) is 30.5 Å². The van der Waals surface area contributed by atoms with Crippen LogP contribution >= 0.6 is 11.6 Å². The summed E-state index contributed by atoms with van der Waals surface area (Å²) in [5.74, 6) is -3.46. The van der Waals surface area contributed by atoms with Gasteiger partial charge >= 0.3 is 0 Å². The number of hydrogen-bond acceptors (Lipinski definition) is 5. The lowest BCUT2D eigenvalue weighted by atomic mass is 10.0. The SMILES string of the molecule is C=C1C=C(c2cccc(OCCC(F)(F)COc3cc(Cl)ccn3)c2F)C=CN1/N=C(/N)C(C)CC. The molecule has 192 valence electrons. The van der Waals surface area contributed by atoms with Gasteiger partial charge in [0, 0.05) is 41.4 Å². The number of nitrogens with two attached hydrogens (primary N) is 1. The second-order valence-corrected chi connectivity index (χ2v) is 8.69. The molecule has 0 bridgehead atoms. The van der Waals surface area contributed by atoms with Crippen LogP contribution in [0.3, 0.4) is 0 Å². The van der Waals surface area contributed by atoms with Gasteiger partial charge in [0.05, 0.1) is 12.3 Å². The number of alkyl halides is 2. The van der Waals surface area contributed by atoms with Crippen molar-refractivity contribution in [3.63, 3.8) is 0 Å². The lowest BCUT2D eigenvalue weighted by Crippen LogP contribution is -2.28. The van der Waals surface area contributed by atoms with Crippen LogP contribution < -0.4 is 15.2 Å². The molecule has 1 aromatic carbocycles. The van der Waals surface area contributed by atoms with Crippen molar-refractivity contribution in [3.05, 3.63) is 83.6 Å². The Hall–Kier alpha value is -3.46. The first-order valence-electron chi connectivity index (χ1n) is 11.4. The van der Waals surface area contributed by atoms with E-state index in [4.69, 9.17) is 26.8 Å². The lowest BCUT2D eigenvalue weighted by Gasteiger charge is -2.22. The molecule has 10 heteroatoms. The fraction of sp³-hybridized carbons (Fsp3) is 0.308.